The molecule has 0 saturated heterocycles. The molecular formula is C12H8N2S. The Kier molecular flexibility index (Phi) is 3.01. The van der Waals surface area contributed by atoms with Gasteiger partial charge >= 0.3 is 0 Å². The summed E-state index contributed by atoms with van der Waals surface area (Å²) >= 11 is 1.55. The molecule has 0 fully saturated rings. The molecule has 0 aliphatic rings. The minimum absolute atomic E-state index is 0.677. The maximum absolute atomic E-state index is 8.75. The summed E-state index contributed by atoms with van der Waals surface area (Å²) in [5.74, 6) is 0. The normalized spacial score (nSPS) is 9.53. The molecule has 72 valence electrons. The van der Waals surface area contributed by atoms with E-state index in [1.54, 1.807) is 24.0 Å². The summed E-state index contributed by atoms with van der Waals surface area (Å²) < 4.78 is 0. The number of nitriles is 1. The van der Waals surface area contributed by atoms with E-state index in [0.29, 0.717) is 5.56 Å². The third-order valence-corrected chi connectivity index (χ3v) is 2.76. The number of pyridine rings is 1. The highest BCUT2D eigenvalue weighted by Crippen LogP contribution is 2.25. The van der Waals surface area contributed by atoms with Crippen molar-refractivity contribution < 1.29 is 0 Å². The second-order valence-electron chi connectivity index (χ2n) is 2.91. The SMILES string of the molecule is N#Cc1cccc(Sc2ccccn2)c1. The molecule has 0 aliphatic carbocycles. The van der Waals surface area contributed by atoms with Gasteiger partial charge in [0.25, 0.3) is 0 Å². The topological polar surface area (TPSA) is 36.7 Å². The van der Waals surface area contributed by atoms with Gasteiger partial charge in [0, 0.05) is 11.1 Å². The Bertz CT molecular complexity index is 488. The molecule has 0 atom stereocenters. The van der Waals surface area contributed by atoms with Gasteiger partial charge < -0.3 is 0 Å². The molecule has 0 saturated carbocycles. The first-order valence-corrected chi connectivity index (χ1v) is 5.29. The van der Waals surface area contributed by atoms with Crippen molar-refractivity contribution in [2.24, 2.45) is 0 Å². The van der Waals surface area contributed by atoms with E-state index in [4.69, 9.17) is 5.26 Å². The van der Waals surface area contributed by atoms with Crippen molar-refractivity contribution in [3.8, 4) is 6.07 Å². The molecule has 0 aliphatic heterocycles. The molecule has 1 aromatic carbocycles. The fraction of sp³-hybridized carbons (Fsp3) is 0. The van der Waals surface area contributed by atoms with Crippen LogP contribution in [0.25, 0.3) is 0 Å². The Labute approximate surface area is 92.6 Å². The van der Waals surface area contributed by atoms with Crippen LogP contribution in [0.15, 0.2) is 58.6 Å². The van der Waals surface area contributed by atoms with Crippen molar-refractivity contribution in [3.05, 3.63) is 54.2 Å². The number of benzene rings is 1. The predicted octanol–water partition coefficient (Wildman–Crippen LogP) is 3.10. The summed E-state index contributed by atoms with van der Waals surface area (Å²) in [6.45, 7) is 0. The Balaban J connectivity index is 2.22. The van der Waals surface area contributed by atoms with Crippen LogP contribution in [-0.2, 0) is 0 Å². The monoisotopic (exact) mass is 212 g/mol. The molecule has 0 amide bonds. The van der Waals surface area contributed by atoms with Crippen LogP contribution in [0.4, 0.5) is 0 Å². The molecule has 15 heavy (non-hydrogen) atoms. The largest absolute Gasteiger partial charge is 0.250 e. The van der Waals surface area contributed by atoms with Gasteiger partial charge in [-0.2, -0.15) is 5.26 Å². The smallest absolute Gasteiger partial charge is 0.101 e. The highest BCUT2D eigenvalue weighted by molar-refractivity contribution is 7.99. The van der Waals surface area contributed by atoms with Gasteiger partial charge in [0.15, 0.2) is 0 Å². The number of aromatic nitrogens is 1. The maximum Gasteiger partial charge on any atom is 0.101 e. The maximum atomic E-state index is 8.75. The highest BCUT2D eigenvalue weighted by Gasteiger charge is 1.98. The van der Waals surface area contributed by atoms with Crippen molar-refractivity contribution in [3.63, 3.8) is 0 Å². The van der Waals surface area contributed by atoms with Crippen LogP contribution in [0.5, 0.6) is 0 Å². The summed E-state index contributed by atoms with van der Waals surface area (Å²) in [5.41, 5.74) is 0.677. The number of hydrogen-bond acceptors (Lipinski definition) is 3. The van der Waals surface area contributed by atoms with Gasteiger partial charge in [-0.1, -0.05) is 23.9 Å². The Hall–Kier alpha value is -1.79. The van der Waals surface area contributed by atoms with E-state index in [1.165, 1.54) is 0 Å². The number of rotatable bonds is 2. The summed E-state index contributed by atoms with van der Waals surface area (Å²) in [6, 6.07) is 15.4. The Morgan fingerprint density at radius 3 is 2.80 bits per heavy atom. The van der Waals surface area contributed by atoms with Crippen molar-refractivity contribution in [2.45, 2.75) is 9.92 Å². The molecule has 1 heterocycles. The van der Waals surface area contributed by atoms with Gasteiger partial charge in [0.1, 0.15) is 5.03 Å². The van der Waals surface area contributed by atoms with Gasteiger partial charge in [-0.15, -0.1) is 0 Å². The van der Waals surface area contributed by atoms with Crippen LogP contribution in [-0.4, -0.2) is 4.98 Å². The lowest BCUT2D eigenvalue weighted by atomic mass is 10.2. The standard InChI is InChI=1S/C12H8N2S/c13-9-10-4-3-5-11(8-10)15-12-6-1-2-7-14-12/h1-8H. The van der Waals surface area contributed by atoms with E-state index in [2.05, 4.69) is 11.1 Å². The lowest BCUT2D eigenvalue weighted by molar-refractivity contribution is 1.13. The average molecular weight is 212 g/mol. The van der Waals surface area contributed by atoms with Crippen LogP contribution >= 0.6 is 11.8 Å². The minimum atomic E-state index is 0.677. The average Bonchev–Trinajstić information content (AvgIpc) is 2.31. The predicted molar refractivity (Wildman–Crippen MR) is 59.5 cm³/mol. The first-order valence-electron chi connectivity index (χ1n) is 4.47. The molecule has 2 nitrogen and oxygen atoms in total. The van der Waals surface area contributed by atoms with E-state index >= 15 is 0 Å². The Morgan fingerprint density at radius 2 is 2.07 bits per heavy atom. The van der Waals surface area contributed by atoms with Crippen LogP contribution in [0.2, 0.25) is 0 Å². The third-order valence-electron chi connectivity index (χ3n) is 1.82. The summed E-state index contributed by atoms with van der Waals surface area (Å²) in [5, 5.41) is 9.69. The molecule has 2 aromatic rings. The zero-order chi connectivity index (χ0) is 10.5. The van der Waals surface area contributed by atoms with E-state index in [9.17, 15) is 0 Å². The van der Waals surface area contributed by atoms with Crippen LogP contribution in [0, 0.1) is 11.3 Å². The molecule has 0 bridgehead atoms. The zero-order valence-electron chi connectivity index (χ0n) is 7.92. The molecule has 0 unspecified atom stereocenters. The fourth-order valence-electron chi connectivity index (χ4n) is 1.16. The second kappa shape index (κ2) is 4.63. The van der Waals surface area contributed by atoms with Crippen molar-refractivity contribution >= 4 is 11.8 Å². The molecule has 3 heteroatoms. The molecule has 0 radical (unpaired) electrons. The van der Waals surface area contributed by atoms with E-state index < -0.39 is 0 Å². The lowest BCUT2D eigenvalue weighted by Crippen LogP contribution is -1.79. The van der Waals surface area contributed by atoms with Gasteiger partial charge in [0.2, 0.25) is 0 Å². The first kappa shape index (κ1) is 9.75. The van der Waals surface area contributed by atoms with E-state index in [1.807, 2.05) is 36.4 Å². The summed E-state index contributed by atoms with van der Waals surface area (Å²) in [7, 11) is 0. The zero-order valence-corrected chi connectivity index (χ0v) is 8.74. The second-order valence-corrected chi connectivity index (χ2v) is 4.00. The number of nitrogens with zero attached hydrogens (tertiary/aromatic N) is 2. The minimum Gasteiger partial charge on any atom is -0.250 e. The molecule has 0 N–H and O–H groups in total. The van der Waals surface area contributed by atoms with Crippen molar-refractivity contribution in [1.29, 1.82) is 5.26 Å². The van der Waals surface area contributed by atoms with Gasteiger partial charge in [-0.25, -0.2) is 4.98 Å². The summed E-state index contributed by atoms with van der Waals surface area (Å²) in [6.07, 6.45) is 1.76. The van der Waals surface area contributed by atoms with Crippen LogP contribution in [0.3, 0.4) is 0 Å². The first-order chi connectivity index (χ1) is 7.38. The molecular weight excluding hydrogens is 204 g/mol. The Morgan fingerprint density at radius 1 is 1.13 bits per heavy atom. The fourth-order valence-corrected chi connectivity index (χ4v) is 1.99. The third kappa shape index (κ3) is 2.58. The van der Waals surface area contributed by atoms with Crippen molar-refractivity contribution in [2.75, 3.05) is 0 Å². The van der Waals surface area contributed by atoms with Gasteiger partial charge in [-0.3, -0.25) is 0 Å². The molecule has 1 aromatic heterocycles. The molecule has 2 rings (SSSR count). The van der Waals surface area contributed by atoms with Crippen molar-refractivity contribution in [1.82, 2.24) is 4.98 Å². The van der Waals surface area contributed by atoms with E-state index in [-0.39, 0.29) is 0 Å². The van der Waals surface area contributed by atoms with Crippen LogP contribution in [0.1, 0.15) is 5.56 Å². The quantitative estimate of drug-likeness (QED) is 0.767. The van der Waals surface area contributed by atoms with Gasteiger partial charge in [-0.05, 0) is 30.3 Å². The highest BCUT2D eigenvalue weighted by atomic mass is 32.2. The molecule has 0 spiro atoms. The summed E-state index contributed by atoms with van der Waals surface area (Å²) in [4.78, 5) is 5.24. The number of hydrogen-bond donors (Lipinski definition) is 0. The van der Waals surface area contributed by atoms with Gasteiger partial charge in [0.05, 0.1) is 11.6 Å². The van der Waals surface area contributed by atoms with Crippen LogP contribution < -0.4 is 0 Å². The lowest BCUT2D eigenvalue weighted by Gasteiger charge is -1.99. The van der Waals surface area contributed by atoms with E-state index in [0.717, 1.165) is 9.92 Å².